The quantitative estimate of drug-likeness (QED) is 0.418. The molecule has 0 saturated carbocycles. The van der Waals surface area contributed by atoms with E-state index < -0.39 is 30.5 Å². The molecule has 1 aliphatic rings. The van der Waals surface area contributed by atoms with Gasteiger partial charge in [-0.25, -0.2) is 23.1 Å². The first-order chi connectivity index (χ1) is 17.1. The average molecular weight is 525 g/mol. The average Bonchev–Trinajstić information content (AvgIpc) is 2.87. The summed E-state index contributed by atoms with van der Waals surface area (Å²) >= 11 is 0. The molecule has 196 valence electrons. The Hall–Kier alpha value is -2.71. The summed E-state index contributed by atoms with van der Waals surface area (Å²) in [7, 11) is 0.867. The van der Waals surface area contributed by atoms with Crippen LogP contribution < -0.4 is 10.9 Å². The highest BCUT2D eigenvalue weighted by atomic mass is 31.2. The van der Waals surface area contributed by atoms with Crippen LogP contribution in [0.3, 0.4) is 0 Å². The maximum Gasteiger partial charge on any atom is 0.266 e. The number of alkyl halides is 2. The van der Waals surface area contributed by atoms with Crippen molar-refractivity contribution in [3.63, 3.8) is 0 Å². The fraction of sp³-hybridized carbons (Fsp3) is 0.480. The molecule has 3 aromatic rings. The van der Waals surface area contributed by atoms with Gasteiger partial charge in [-0.3, -0.25) is 9.36 Å². The lowest BCUT2D eigenvalue weighted by Gasteiger charge is -2.38. The maximum atomic E-state index is 14.5. The number of benzene rings is 1. The minimum absolute atomic E-state index is 0.0638. The Morgan fingerprint density at radius 3 is 2.50 bits per heavy atom. The number of aromatic nitrogens is 3. The van der Waals surface area contributed by atoms with Crippen LogP contribution in [0.25, 0.3) is 11.0 Å². The first kappa shape index (κ1) is 27.9. The first-order valence-corrected chi connectivity index (χ1v) is 14.4. The van der Waals surface area contributed by atoms with E-state index in [4.69, 9.17) is 4.74 Å². The highest BCUT2D eigenvalue weighted by molar-refractivity contribution is 7.63. The minimum atomic E-state index is -2.92. The molecule has 4 rings (SSSR count). The predicted molar refractivity (Wildman–Crippen MR) is 136 cm³/mol. The summed E-state index contributed by atoms with van der Waals surface area (Å²) in [6, 6.07) is 5.51. The molecule has 0 atom stereocenters. The molecular formula is C25H32F3N4O3P. The van der Waals surface area contributed by atoms with Crippen LogP contribution in [-0.2, 0) is 28.5 Å². The van der Waals surface area contributed by atoms with E-state index in [2.05, 4.69) is 15.3 Å². The highest BCUT2D eigenvalue weighted by Crippen LogP contribution is 2.52. The van der Waals surface area contributed by atoms with Gasteiger partial charge in [0.05, 0.1) is 29.3 Å². The first-order valence-electron chi connectivity index (χ1n) is 11.8. The van der Waals surface area contributed by atoms with Gasteiger partial charge in [-0.15, -0.1) is 0 Å². The third-order valence-corrected chi connectivity index (χ3v) is 8.99. The molecule has 11 heteroatoms. The Bertz CT molecular complexity index is 1330. The van der Waals surface area contributed by atoms with E-state index in [0.29, 0.717) is 47.6 Å². The van der Waals surface area contributed by atoms with Crippen molar-refractivity contribution < 1.29 is 22.5 Å². The molecule has 36 heavy (non-hydrogen) atoms. The van der Waals surface area contributed by atoms with Crippen molar-refractivity contribution >= 4 is 24.0 Å². The van der Waals surface area contributed by atoms with Crippen LogP contribution in [0, 0.1) is 5.82 Å². The van der Waals surface area contributed by atoms with Crippen LogP contribution in [0.15, 0.2) is 35.4 Å². The largest absolute Gasteiger partial charge is 0.373 e. The lowest BCUT2D eigenvalue weighted by atomic mass is 9.88. The summed E-state index contributed by atoms with van der Waals surface area (Å²) in [5, 5.41) is 3.50. The van der Waals surface area contributed by atoms with Crippen molar-refractivity contribution in [3.05, 3.63) is 63.5 Å². The van der Waals surface area contributed by atoms with Crippen LogP contribution in [0.5, 0.6) is 0 Å². The van der Waals surface area contributed by atoms with Gasteiger partial charge in [-0.1, -0.05) is 32.0 Å². The molecule has 0 amide bonds. The van der Waals surface area contributed by atoms with Gasteiger partial charge in [-0.05, 0) is 25.6 Å². The van der Waals surface area contributed by atoms with E-state index in [1.807, 2.05) is 13.8 Å². The summed E-state index contributed by atoms with van der Waals surface area (Å²) < 4.78 is 60.4. The Kier molecular flexibility index (Phi) is 8.62. The third-order valence-electron chi connectivity index (χ3n) is 6.65. The van der Waals surface area contributed by atoms with Gasteiger partial charge >= 0.3 is 0 Å². The Morgan fingerprint density at radius 1 is 1.22 bits per heavy atom. The Morgan fingerprint density at radius 2 is 1.89 bits per heavy atom. The normalized spacial score (nSPS) is 21.8. The SMILES string of the molecule is CC.COC1(c2cc3c(NCc4cccc(C(F)F)c4F)ncnc3n(C)c2=O)CCP(C)(=O)CC1. The standard InChI is InChI=1S/C23H26F3N4O3P.C2H6/c1-30-21-16(11-17(22(30)31)23(33-2)7-9-34(3,32)10-8-23)20(28-13-29-21)27-12-14-5-4-6-15(18(14)24)19(25)26;1-2/h4-6,11,13,19H,7-10,12H2,1-3H3,(H,27,28,29);1-2H3. The number of ether oxygens (including phenoxy) is 1. The van der Waals surface area contributed by atoms with Crippen LogP contribution in [0.4, 0.5) is 19.0 Å². The van der Waals surface area contributed by atoms with Gasteiger partial charge in [0.15, 0.2) is 0 Å². The van der Waals surface area contributed by atoms with Crippen molar-refractivity contribution in [1.82, 2.24) is 14.5 Å². The zero-order valence-electron chi connectivity index (χ0n) is 21.1. The van der Waals surface area contributed by atoms with Gasteiger partial charge < -0.3 is 14.6 Å². The van der Waals surface area contributed by atoms with Crippen molar-refractivity contribution in [2.45, 2.75) is 45.3 Å². The molecule has 1 fully saturated rings. The molecule has 7 nitrogen and oxygen atoms in total. The van der Waals surface area contributed by atoms with E-state index in [0.717, 1.165) is 6.07 Å². The van der Waals surface area contributed by atoms with E-state index >= 15 is 0 Å². The Balaban J connectivity index is 0.00000176. The molecule has 1 aromatic carbocycles. The molecule has 1 aliphatic heterocycles. The number of nitrogens with zero attached hydrogens (tertiary/aromatic N) is 3. The smallest absolute Gasteiger partial charge is 0.266 e. The summed E-state index contributed by atoms with van der Waals surface area (Å²) in [6.45, 7) is 5.67. The molecule has 1 saturated heterocycles. The number of pyridine rings is 1. The topological polar surface area (TPSA) is 86.1 Å². The fourth-order valence-electron chi connectivity index (χ4n) is 4.47. The zero-order valence-corrected chi connectivity index (χ0v) is 22.0. The second kappa shape index (κ2) is 11.1. The Labute approximate surface area is 208 Å². The molecule has 0 radical (unpaired) electrons. The molecule has 0 unspecified atom stereocenters. The van der Waals surface area contributed by atoms with Crippen LogP contribution in [0.1, 0.15) is 49.8 Å². The number of nitrogens with one attached hydrogen (secondary N) is 1. The number of halogens is 3. The van der Waals surface area contributed by atoms with Gasteiger partial charge in [0.2, 0.25) is 0 Å². The molecular weight excluding hydrogens is 492 g/mol. The van der Waals surface area contributed by atoms with Crippen molar-refractivity contribution in [1.29, 1.82) is 0 Å². The van der Waals surface area contributed by atoms with Crippen molar-refractivity contribution in [2.24, 2.45) is 7.05 Å². The van der Waals surface area contributed by atoms with Crippen LogP contribution in [0.2, 0.25) is 0 Å². The summed E-state index contributed by atoms with van der Waals surface area (Å²) in [5.74, 6) is -0.645. The van der Waals surface area contributed by atoms with Gasteiger partial charge in [0.1, 0.15) is 23.6 Å². The summed E-state index contributed by atoms with van der Waals surface area (Å²) in [4.78, 5) is 21.7. The molecule has 3 heterocycles. The van der Waals surface area contributed by atoms with E-state index in [-0.39, 0.29) is 17.7 Å². The molecule has 0 spiro atoms. The number of anilines is 1. The number of methoxy groups -OCH3 is 1. The third kappa shape index (κ3) is 5.34. The maximum absolute atomic E-state index is 14.5. The zero-order chi connectivity index (χ0) is 26.7. The number of fused-ring (bicyclic) bond motifs is 1. The molecule has 0 bridgehead atoms. The lowest BCUT2D eigenvalue weighted by Crippen LogP contribution is -2.40. The van der Waals surface area contributed by atoms with Crippen molar-refractivity contribution in [2.75, 3.05) is 31.4 Å². The van der Waals surface area contributed by atoms with E-state index in [9.17, 15) is 22.5 Å². The second-order valence-corrected chi connectivity index (χ2v) is 12.3. The number of hydrogen-bond donors (Lipinski definition) is 1. The number of hydrogen-bond acceptors (Lipinski definition) is 6. The van der Waals surface area contributed by atoms with E-state index in [1.165, 1.54) is 30.1 Å². The highest BCUT2D eigenvalue weighted by Gasteiger charge is 2.42. The van der Waals surface area contributed by atoms with Gasteiger partial charge in [0, 0.05) is 38.6 Å². The van der Waals surface area contributed by atoms with E-state index in [1.54, 1.807) is 19.8 Å². The molecule has 0 aliphatic carbocycles. The second-order valence-electron chi connectivity index (χ2n) is 8.80. The summed E-state index contributed by atoms with van der Waals surface area (Å²) in [5.41, 5.74) is -0.997. The monoisotopic (exact) mass is 524 g/mol. The number of aryl methyl sites for hydroxylation is 1. The molecule has 1 N–H and O–H groups in total. The fourth-order valence-corrected chi connectivity index (χ4v) is 6.37. The van der Waals surface area contributed by atoms with Crippen molar-refractivity contribution in [3.8, 4) is 0 Å². The summed E-state index contributed by atoms with van der Waals surface area (Å²) in [6.07, 6.45) is 0.183. The van der Waals surface area contributed by atoms with Crippen LogP contribution in [-0.4, -0.2) is 40.6 Å². The lowest BCUT2D eigenvalue weighted by molar-refractivity contribution is -0.0247. The number of rotatable bonds is 6. The van der Waals surface area contributed by atoms with Crippen LogP contribution >= 0.6 is 7.14 Å². The molecule has 2 aromatic heterocycles. The van der Waals surface area contributed by atoms with Gasteiger partial charge in [0.25, 0.3) is 12.0 Å². The minimum Gasteiger partial charge on any atom is -0.373 e. The predicted octanol–water partition coefficient (Wildman–Crippen LogP) is 5.67. The van der Waals surface area contributed by atoms with Gasteiger partial charge in [-0.2, -0.15) is 0 Å².